The van der Waals surface area contributed by atoms with Crippen molar-refractivity contribution in [2.75, 3.05) is 0 Å². The number of rotatable bonds is 4. The Balaban J connectivity index is 1.78. The van der Waals surface area contributed by atoms with E-state index in [1.807, 2.05) is 42.5 Å². The number of aryl methyl sites for hydroxylation is 2. The van der Waals surface area contributed by atoms with Crippen LogP contribution in [0.3, 0.4) is 0 Å². The first kappa shape index (κ1) is 21.0. The molecular weight excluding hydrogens is 406 g/mol. The molecule has 0 radical (unpaired) electrons. The second kappa shape index (κ2) is 7.94. The molecule has 4 heteroatoms. The first-order valence-corrected chi connectivity index (χ1v) is 11.3. The van der Waals surface area contributed by atoms with Crippen LogP contribution in [0.1, 0.15) is 45.3 Å². The molecule has 1 fully saturated rings. The van der Waals surface area contributed by atoms with Gasteiger partial charge in [0.2, 0.25) is 5.91 Å². The van der Waals surface area contributed by atoms with Crippen molar-refractivity contribution < 1.29 is 4.79 Å². The van der Waals surface area contributed by atoms with Gasteiger partial charge in [-0.05, 0) is 54.2 Å². The molecule has 1 saturated heterocycles. The van der Waals surface area contributed by atoms with E-state index in [1.54, 1.807) is 0 Å². The molecule has 2 N–H and O–H groups in total. The predicted molar refractivity (Wildman–Crippen MR) is 130 cm³/mol. The maximum absolute atomic E-state index is 13.3. The molecule has 0 aliphatic carbocycles. The van der Waals surface area contributed by atoms with Crippen molar-refractivity contribution in [2.45, 2.75) is 38.3 Å². The maximum atomic E-state index is 13.3. The number of benzene rings is 3. The summed E-state index contributed by atoms with van der Waals surface area (Å²) in [5.41, 5.74) is 11.2. The highest BCUT2D eigenvalue weighted by Gasteiger charge is 2.64. The van der Waals surface area contributed by atoms with Crippen molar-refractivity contribution in [3.63, 3.8) is 0 Å². The molecule has 0 spiro atoms. The largest absolute Gasteiger partial charge is 0.368 e. The average molecular weight is 434 g/mol. The Hall–Kier alpha value is -3.84. The van der Waals surface area contributed by atoms with Crippen LogP contribution in [0.2, 0.25) is 0 Å². The summed E-state index contributed by atoms with van der Waals surface area (Å²) < 4.78 is 0. The molecule has 33 heavy (non-hydrogen) atoms. The lowest BCUT2D eigenvalue weighted by Crippen LogP contribution is -2.44. The van der Waals surface area contributed by atoms with Crippen LogP contribution in [0.4, 0.5) is 0 Å². The van der Waals surface area contributed by atoms with E-state index < -0.39 is 17.4 Å². The van der Waals surface area contributed by atoms with Crippen LogP contribution in [0, 0.1) is 30.6 Å². The Kier molecular flexibility index (Phi) is 5.06. The predicted octanol–water partition coefficient (Wildman–Crippen LogP) is 5.03. The number of carbonyl (C=O) groups excluding carboxylic acids is 1. The molecule has 1 amide bonds. The van der Waals surface area contributed by atoms with E-state index in [0.29, 0.717) is 6.42 Å². The van der Waals surface area contributed by atoms with Crippen LogP contribution in [0.5, 0.6) is 0 Å². The van der Waals surface area contributed by atoms with Gasteiger partial charge in [-0.25, -0.2) is 0 Å². The fourth-order valence-corrected chi connectivity index (χ4v) is 5.93. The normalized spacial score (nSPS) is 25.2. The van der Waals surface area contributed by atoms with Crippen LogP contribution in [0.25, 0.3) is 6.08 Å². The molecule has 3 aromatic rings. The molecule has 4 nitrogen and oxygen atoms in total. The quantitative estimate of drug-likeness (QED) is 0.627. The molecule has 2 aliphatic rings. The minimum absolute atomic E-state index is 0.101. The SMILES string of the molecule is Cc1ccc(C2C(Cc3ccccc3)N3C=Cc4ccccc4C3C2(C#N)C(N)=O)c(C)c1. The number of hydrogen-bond acceptors (Lipinski definition) is 3. The number of fused-ring (bicyclic) bond motifs is 3. The lowest BCUT2D eigenvalue weighted by Gasteiger charge is -2.36. The van der Waals surface area contributed by atoms with Gasteiger partial charge in [-0.2, -0.15) is 5.26 Å². The fourth-order valence-electron chi connectivity index (χ4n) is 5.93. The third kappa shape index (κ3) is 3.15. The summed E-state index contributed by atoms with van der Waals surface area (Å²) in [5.74, 6) is -0.938. The molecule has 2 heterocycles. The zero-order valence-corrected chi connectivity index (χ0v) is 18.9. The summed E-state index contributed by atoms with van der Waals surface area (Å²) in [5, 5.41) is 10.7. The van der Waals surface area contributed by atoms with Gasteiger partial charge >= 0.3 is 0 Å². The highest BCUT2D eigenvalue weighted by Crippen LogP contribution is 2.60. The third-order valence-corrected chi connectivity index (χ3v) is 7.35. The highest BCUT2D eigenvalue weighted by atomic mass is 16.1. The second-order valence-corrected chi connectivity index (χ2v) is 9.23. The van der Waals surface area contributed by atoms with Crippen LogP contribution in [0.15, 0.2) is 79.0 Å². The highest BCUT2D eigenvalue weighted by molar-refractivity contribution is 5.88. The molecule has 5 rings (SSSR count). The number of carbonyl (C=O) groups is 1. The van der Waals surface area contributed by atoms with E-state index in [0.717, 1.165) is 27.8 Å². The van der Waals surface area contributed by atoms with E-state index in [4.69, 9.17) is 5.73 Å². The van der Waals surface area contributed by atoms with Gasteiger partial charge in [0.25, 0.3) is 0 Å². The van der Waals surface area contributed by atoms with Crippen molar-refractivity contribution >= 4 is 12.0 Å². The summed E-state index contributed by atoms with van der Waals surface area (Å²) in [7, 11) is 0. The number of nitrogens with two attached hydrogens (primary N) is 1. The monoisotopic (exact) mass is 433 g/mol. The number of amides is 1. The molecule has 2 aliphatic heterocycles. The van der Waals surface area contributed by atoms with E-state index in [2.05, 4.69) is 67.4 Å². The topological polar surface area (TPSA) is 70.1 Å². The van der Waals surface area contributed by atoms with Crippen LogP contribution < -0.4 is 5.73 Å². The van der Waals surface area contributed by atoms with E-state index in [9.17, 15) is 10.1 Å². The van der Waals surface area contributed by atoms with Gasteiger partial charge in [-0.1, -0.05) is 78.4 Å². The summed E-state index contributed by atoms with van der Waals surface area (Å²) in [6.07, 6.45) is 4.84. The van der Waals surface area contributed by atoms with E-state index in [-0.39, 0.29) is 12.0 Å². The summed E-state index contributed by atoms with van der Waals surface area (Å²) in [6, 6.07) is 26.5. The smallest absolute Gasteiger partial charge is 0.241 e. The maximum Gasteiger partial charge on any atom is 0.241 e. The first-order valence-electron chi connectivity index (χ1n) is 11.3. The molecule has 3 aromatic carbocycles. The van der Waals surface area contributed by atoms with Gasteiger partial charge < -0.3 is 10.6 Å². The van der Waals surface area contributed by atoms with Crippen LogP contribution >= 0.6 is 0 Å². The van der Waals surface area contributed by atoms with Gasteiger partial charge in [-0.3, -0.25) is 4.79 Å². The van der Waals surface area contributed by atoms with Crippen molar-refractivity contribution in [1.29, 1.82) is 5.26 Å². The minimum Gasteiger partial charge on any atom is -0.368 e. The average Bonchev–Trinajstić information content (AvgIpc) is 3.10. The van der Waals surface area contributed by atoms with Crippen LogP contribution in [-0.2, 0) is 11.2 Å². The summed E-state index contributed by atoms with van der Waals surface area (Å²) >= 11 is 0. The standard InChI is InChI=1S/C29H27N3O/c1-19-12-13-23(20(2)16-19)26-25(17-21-8-4-3-5-9-21)32-15-14-22-10-6-7-11-24(22)27(32)29(26,18-30)28(31)33/h3-16,25-27H,17H2,1-2H3,(H2,31,33). The zero-order chi connectivity index (χ0) is 23.2. The molecular formula is C29H27N3O. The lowest BCUT2D eigenvalue weighted by atomic mass is 9.65. The Morgan fingerprint density at radius 2 is 1.76 bits per heavy atom. The number of hydrogen-bond donors (Lipinski definition) is 1. The zero-order valence-electron chi connectivity index (χ0n) is 18.9. The molecule has 0 saturated carbocycles. The number of nitrogens with zero attached hydrogens (tertiary/aromatic N) is 2. The first-order chi connectivity index (χ1) is 16.0. The summed E-state index contributed by atoms with van der Waals surface area (Å²) in [6.45, 7) is 4.12. The van der Waals surface area contributed by atoms with Gasteiger partial charge in [0.05, 0.1) is 12.1 Å². The second-order valence-electron chi connectivity index (χ2n) is 9.23. The molecule has 0 aromatic heterocycles. The molecule has 164 valence electrons. The molecule has 4 unspecified atom stereocenters. The third-order valence-electron chi connectivity index (χ3n) is 7.35. The van der Waals surface area contributed by atoms with Crippen LogP contribution in [-0.4, -0.2) is 16.8 Å². The Morgan fingerprint density at radius 3 is 2.45 bits per heavy atom. The number of nitriles is 1. The molecule has 4 atom stereocenters. The lowest BCUT2D eigenvalue weighted by molar-refractivity contribution is -0.126. The Morgan fingerprint density at radius 1 is 1.03 bits per heavy atom. The van der Waals surface area contributed by atoms with Crippen molar-refractivity contribution in [3.8, 4) is 6.07 Å². The fraction of sp³-hybridized carbons (Fsp3) is 0.241. The summed E-state index contributed by atoms with van der Waals surface area (Å²) in [4.78, 5) is 15.5. The van der Waals surface area contributed by atoms with Crippen molar-refractivity contribution in [1.82, 2.24) is 4.90 Å². The van der Waals surface area contributed by atoms with Crippen molar-refractivity contribution in [3.05, 3.63) is 112 Å². The van der Waals surface area contributed by atoms with Gasteiger partial charge in [0.1, 0.15) is 0 Å². The van der Waals surface area contributed by atoms with E-state index >= 15 is 0 Å². The Bertz CT molecular complexity index is 1290. The van der Waals surface area contributed by atoms with Crippen molar-refractivity contribution in [2.24, 2.45) is 11.1 Å². The van der Waals surface area contributed by atoms with E-state index in [1.165, 1.54) is 5.56 Å². The Labute approximate surface area is 195 Å². The van der Waals surface area contributed by atoms with Gasteiger partial charge in [0.15, 0.2) is 5.41 Å². The van der Waals surface area contributed by atoms with Gasteiger partial charge in [0, 0.05) is 18.2 Å². The van der Waals surface area contributed by atoms with Gasteiger partial charge in [-0.15, -0.1) is 0 Å². The number of primary amides is 1. The molecule has 0 bridgehead atoms. The minimum atomic E-state index is -1.40.